The minimum absolute atomic E-state index is 0.647. The van der Waals surface area contributed by atoms with Crippen molar-refractivity contribution in [2.75, 3.05) is 6.61 Å². The Kier molecular flexibility index (Phi) is 4.21. The van der Waals surface area contributed by atoms with Crippen molar-refractivity contribution in [2.45, 2.75) is 13.3 Å². The highest BCUT2D eigenvalue weighted by molar-refractivity contribution is 5.96. The van der Waals surface area contributed by atoms with Crippen LogP contribution in [0.15, 0.2) is 91.0 Å². The van der Waals surface area contributed by atoms with Gasteiger partial charge in [0.15, 0.2) is 0 Å². The summed E-state index contributed by atoms with van der Waals surface area (Å²) in [6, 6.07) is 32.3. The van der Waals surface area contributed by atoms with Crippen LogP contribution >= 0.6 is 0 Å². The van der Waals surface area contributed by atoms with Crippen molar-refractivity contribution in [2.24, 2.45) is 0 Å². The van der Waals surface area contributed by atoms with Gasteiger partial charge in [-0.1, -0.05) is 84.9 Å². The van der Waals surface area contributed by atoms with Gasteiger partial charge in [-0.2, -0.15) is 0 Å². The second kappa shape index (κ2) is 7.01. The Balaban J connectivity index is 1.88. The van der Waals surface area contributed by atoms with Gasteiger partial charge in [0.05, 0.1) is 6.61 Å². The van der Waals surface area contributed by atoms with Crippen LogP contribution in [-0.4, -0.2) is 6.61 Å². The van der Waals surface area contributed by atoms with Crippen molar-refractivity contribution >= 4 is 0 Å². The van der Waals surface area contributed by atoms with Gasteiger partial charge in [0.25, 0.3) is 0 Å². The Morgan fingerprint density at radius 3 is 1.96 bits per heavy atom. The Hall–Kier alpha value is -3.32. The van der Waals surface area contributed by atoms with E-state index >= 15 is 0 Å². The zero-order chi connectivity index (χ0) is 18.9. The standard InChI is InChI=1S/C27H22O/c1-2-28-25-18-23-22-16-10-9-15-21(22)17-24(23)26(19-11-5-3-6-12-19)27(25)20-13-7-4-8-14-20/h3-16,18H,2,17H2,1H3. The van der Waals surface area contributed by atoms with Crippen molar-refractivity contribution < 1.29 is 4.74 Å². The molecule has 0 aromatic heterocycles. The van der Waals surface area contributed by atoms with Crippen LogP contribution in [0.25, 0.3) is 33.4 Å². The molecule has 0 radical (unpaired) electrons. The molecule has 1 heteroatoms. The van der Waals surface area contributed by atoms with Crippen molar-refractivity contribution in [3.8, 4) is 39.1 Å². The minimum atomic E-state index is 0.647. The molecule has 0 bridgehead atoms. The summed E-state index contributed by atoms with van der Waals surface area (Å²) in [6.45, 7) is 2.70. The second-order valence-electron chi connectivity index (χ2n) is 7.15. The van der Waals surface area contributed by atoms with E-state index in [9.17, 15) is 0 Å². The Labute approximate surface area is 166 Å². The monoisotopic (exact) mass is 362 g/mol. The molecule has 4 aromatic rings. The van der Waals surface area contributed by atoms with Crippen molar-refractivity contribution in [3.05, 3.63) is 102 Å². The minimum Gasteiger partial charge on any atom is -0.493 e. The number of hydrogen-bond acceptors (Lipinski definition) is 1. The van der Waals surface area contributed by atoms with Crippen LogP contribution in [0.3, 0.4) is 0 Å². The summed E-state index contributed by atoms with van der Waals surface area (Å²) in [4.78, 5) is 0. The third-order valence-electron chi connectivity index (χ3n) is 5.50. The molecule has 5 rings (SSSR count). The van der Waals surface area contributed by atoms with E-state index in [0.717, 1.165) is 12.2 Å². The largest absolute Gasteiger partial charge is 0.493 e. The van der Waals surface area contributed by atoms with Crippen LogP contribution < -0.4 is 4.74 Å². The maximum Gasteiger partial charge on any atom is 0.128 e. The number of ether oxygens (including phenoxy) is 1. The first-order chi connectivity index (χ1) is 13.9. The molecular weight excluding hydrogens is 340 g/mol. The van der Waals surface area contributed by atoms with Crippen molar-refractivity contribution in [1.82, 2.24) is 0 Å². The van der Waals surface area contributed by atoms with Gasteiger partial charge in [0.1, 0.15) is 5.75 Å². The first kappa shape index (κ1) is 16.8. The van der Waals surface area contributed by atoms with Crippen LogP contribution in [0.5, 0.6) is 5.75 Å². The molecule has 0 aliphatic heterocycles. The van der Waals surface area contributed by atoms with Crippen LogP contribution in [0.1, 0.15) is 18.1 Å². The van der Waals surface area contributed by atoms with E-state index in [2.05, 4.69) is 97.9 Å². The molecule has 0 spiro atoms. The first-order valence-electron chi connectivity index (χ1n) is 9.88. The topological polar surface area (TPSA) is 9.23 Å². The average molecular weight is 362 g/mol. The van der Waals surface area contributed by atoms with Gasteiger partial charge >= 0.3 is 0 Å². The number of rotatable bonds is 4. The lowest BCUT2D eigenvalue weighted by atomic mass is 9.87. The van der Waals surface area contributed by atoms with E-state index in [1.54, 1.807) is 0 Å². The van der Waals surface area contributed by atoms with E-state index in [1.807, 2.05) is 0 Å². The third kappa shape index (κ3) is 2.71. The molecule has 0 heterocycles. The summed E-state index contributed by atoms with van der Waals surface area (Å²) in [5.74, 6) is 0.961. The highest BCUT2D eigenvalue weighted by Crippen LogP contribution is 2.50. The normalized spacial score (nSPS) is 11.8. The predicted molar refractivity (Wildman–Crippen MR) is 117 cm³/mol. The number of fused-ring (bicyclic) bond motifs is 3. The van der Waals surface area contributed by atoms with Gasteiger partial charge in [-0.25, -0.2) is 0 Å². The number of benzene rings is 4. The third-order valence-corrected chi connectivity index (χ3v) is 5.50. The van der Waals surface area contributed by atoms with Crippen LogP contribution in [-0.2, 0) is 6.42 Å². The molecule has 0 saturated carbocycles. The fourth-order valence-corrected chi connectivity index (χ4v) is 4.33. The van der Waals surface area contributed by atoms with Gasteiger partial charge in [0, 0.05) is 5.56 Å². The fourth-order valence-electron chi connectivity index (χ4n) is 4.33. The maximum absolute atomic E-state index is 6.19. The fraction of sp³-hybridized carbons (Fsp3) is 0.111. The molecule has 0 N–H and O–H groups in total. The Morgan fingerprint density at radius 1 is 0.679 bits per heavy atom. The summed E-state index contributed by atoms with van der Waals surface area (Å²) < 4.78 is 6.19. The van der Waals surface area contributed by atoms with E-state index in [-0.39, 0.29) is 0 Å². The molecule has 0 saturated heterocycles. The van der Waals surface area contributed by atoms with Crippen LogP contribution in [0.2, 0.25) is 0 Å². The summed E-state index contributed by atoms with van der Waals surface area (Å²) in [5.41, 5.74) is 10.4. The lowest BCUT2D eigenvalue weighted by Gasteiger charge is -2.20. The smallest absolute Gasteiger partial charge is 0.128 e. The first-order valence-corrected chi connectivity index (χ1v) is 9.88. The molecule has 0 unspecified atom stereocenters. The van der Waals surface area contributed by atoms with Crippen molar-refractivity contribution in [3.63, 3.8) is 0 Å². The molecule has 1 nitrogen and oxygen atoms in total. The molecule has 1 aliphatic carbocycles. The molecule has 1 aliphatic rings. The Bertz CT molecular complexity index is 1130. The van der Waals surface area contributed by atoms with Crippen LogP contribution in [0, 0.1) is 0 Å². The summed E-state index contributed by atoms with van der Waals surface area (Å²) in [7, 11) is 0. The van der Waals surface area contributed by atoms with E-state index < -0.39 is 0 Å². The lowest BCUT2D eigenvalue weighted by Crippen LogP contribution is -2.00. The summed E-state index contributed by atoms with van der Waals surface area (Å²) in [5, 5.41) is 0. The van der Waals surface area contributed by atoms with Crippen molar-refractivity contribution in [1.29, 1.82) is 0 Å². The van der Waals surface area contributed by atoms with E-state index in [4.69, 9.17) is 4.74 Å². The van der Waals surface area contributed by atoms with E-state index in [0.29, 0.717) is 6.61 Å². The zero-order valence-corrected chi connectivity index (χ0v) is 16.0. The highest BCUT2D eigenvalue weighted by Gasteiger charge is 2.27. The lowest BCUT2D eigenvalue weighted by molar-refractivity contribution is 0.342. The molecular formula is C27H22O. The molecule has 4 aromatic carbocycles. The zero-order valence-electron chi connectivity index (χ0n) is 16.0. The van der Waals surface area contributed by atoms with Gasteiger partial charge in [-0.15, -0.1) is 0 Å². The predicted octanol–water partition coefficient (Wildman–Crippen LogP) is 6.99. The quantitative estimate of drug-likeness (QED) is 0.335. The molecule has 136 valence electrons. The van der Waals surface area contributed by atoms with E-state index in [1.165, 1.54) is 44.5 Å². The molecule has 0 amide bonds. The second-order valence-corrected chi connectivity index (χ2v) is 7.15. The molecule has 28 heavy (non-hydrogen) atoms. The van der Waals surface area contributed by atoms with Crippen LogP contribution in [0.4, 0.5) is 0 Å². The summed E-state index contributed by atoms with van der Waals surface area (Å²) in [6.07, 6.45) is 0.960. The SMILES string of the molecule is CCOc1cc2c(c(-c3ccccc3)c1-c1ccccc1)Cc1ccccc1-2. The highest BCUT2D eigenvalue weighted by atomic mass is 16.5. The average Bonchev–Trinajstić information content (AvgIpc) is 3.12. The van der Waals surface area contributed by atoms with Gasteiger partial charge in [-0.05, 0) is 58.4 Å². The van der Waals surface area contributed by atoms with Gasteiger partial charge < -0.3 is 4.74 Å². The maximum atomic E-state index is 6.19. The Morgan fingerprint density at radius 2 is 1.29 bits per heavy atom. The molecule has 0 atom stereocenters. The van der Waals surface area contributed by atoms with Gasteiger partial charge in [0.2, 0.25) is 0 Å². The number of hydrogen-bond donors (Lipinski definition) is 0. The summed E-state index contributed by atoms with van der Waals surface area (Å²) >= 11 is 0. The van der Waals surface area contributed by atoms with Gasteiger partial charge in [-0.3, -0.25) is 0 Å². The molecule has 0 fully saturated rings.